The average molecular weight is 210 g/mol. The Morgan fingerprint density at radius 3 is 1.93 bits per heavy atom. The van der Waals surface area contributed by atoms with E-state index in [4.69, 9.17) is 0 Å². The summed E-state index contributed by atoms with van der Waals surface area (Å²) in [6, 6.07) is 0. The van der Waals surface area contributed by atoms with Crippen molar-refractivity contribution in [3.63, 3.8) is 0 Å². The summed E-state index contributed by atoms with van der Waals surface area (Å²) < 4.78 is 0. The van der Waals surface area contributed by atoms with E-state index in [9.17, 15) is 0 Å². The van der Waals surface area contributed by atoms with E-state index < -0.39 is 0 Å². The Bertz CT molecular complexity index is 165. The summed E-state index contributed by atoms with van der Waals surface area (Å²) in [6.45, 7) is 9.21. The van der Waals surface area contributed by atoms with Gasteiger partial charge in [0.05, 0.1) is 0 Å². The molecule has 0 N–H and O–H groups in total. The molecule has 0 aliphatic heterocycles. The van der Waals surface area contributed by atoms with Gasteiger partial charge in [-0.3, -0.25) is 0 Å². The lowest BCUT2D eigenvalue weighted by molar-refractivity contribution is 0.655. The van der Waals surface area contributed by atoms with Crippen molar-refractivity contribution in [1.29, 1.82) is 0 Å². The Morgan fingerprint density at radius 2 is 1.40 bits per heavy atom. The van der Waals surface area contributed by atoms with Crippen LogP contribution in [0.4, 0.5) is 0 Å². The maximum atomic E-state index is 2.35. The summed E-state index contributed by atoms with van der Waals surface area (Å²) in [5.74, 6) is 0. The molecule has 0 aromatic rings. The molecule has 0 aromatic carbocycles. The standard InChI is InChI=1S/C15H30/c1-5-8-10-11-12-14(4)15(7-3)13-9-6-2/h5-13H2,1-4H3. The first kappa shape index (κ1) is 14.7. The molecule has 0 aliphatic carbocycles. The molecule has 0 aliphatic rings. The summed E-state index contributed by atoms with van der Waals surface area (Å²) >= 11 is 0. The zero-order valence-electron chi connectivity index (χ0n) is 11.4. The van der Waals surface area contributed by atoms with Gasteiger partial charge in [-0.1, -0.05) is 57.6 Å². The molecule has 0 aromatic heterocycles. The molecule has 0 heteroatoms. The molecule has 0 rings (SSSR count). The van der Waals surface area contributed by atoms with Crippen molar-refractivity contribution in [2.75, 3.05) is 0 Å². The molecule has 0 fully saturated rings. The van der Waals surface area contributed by atoms with Crippen LogP contribution >= 0.6 is 0 Å². The van der Waals surface area contributed by atoms with E-state index in [1.165, 1.54) is 57.8 Å². The van der Waals surface area contributed by atoms with E-state index in [2.05, 4.69) is 27.7 Å². The zero-order chi connectivity index (χ0) is 11.5. The van der Waals surface area contributed by atoms with Gasteiger partial charge in [-0.05, 0) is 39.0 Å². The number of unbranched alkanes of at least 4 members (excludes halogenated alkanes) is 4. The monoisotopic (exact) mass is 210 g/mol. The van der Waals surface area contributed by atoms with Crippen LogP contribution in [-0.2, 0) is 0 Å². The van der Waals surface area contributed by atoms with Crippen molar-refractivity contribution in [3.8, 4) is 0 Å². The highest BCUT2D eigenvalue weighted by Crippen LogP contribution is 2.20. The highest BCUT2D eigenvalue weighted by molar-refractivity contribution is 5.11. The Balaban J connectivity index is 3.85. The lowest BCUT2D eigenvalue weighted by Crippen LogP contribution is -1.89. The lowest BCUT2D eigenvalue weighted by Gasteiger charge is -2.10. The van der Waals surface area contributed by atoms with Gasteiger partial charge in [0.25, 0.3) is 0 Å². The zero-order valence-corrected chi connectivity index (χ0v) is 11.4. The fraction of sp³-hybridized carbons (Fsp3) is 0.867. The van der Waals surface area contributed by atoms with Gasteiger partial charge in [0.2, 0.25) is 0 Å². The van der Waals surface area contributed by atoms with Gasteiger partial charge in [0, 0.05) is 0 Å². The van der Waals surface area contributed by atoms with Crippen molar-refractivity contribution in [1.82, 2.24) is 0 Å². The summed E-state index contributed by atoms with van der Waals surface area (Å²) in [6.07, 6.45) is 12.2. The molecule has 0 radical (unpaired) electrons. The summed E-state index contributed by atoms with van der Waals surface area (Å²) in [5.41, 5.74) is 3.41. The van der Waals surface area contributed by atoms with Gasteiger partial charge in [0.15, 0.2) is 0 Å². The van der Waals surface area contributed by atoms with E-state index >= 15 is 0 Å². The molecule has 0 unspecified atom stereocenters. The number of allylic oxidation sites excluding steroid dienone is 2. The highest BCUT2D eigenvalue weighted by Gasteiger charge is 2.00. The Hall–Kier alpha value is -0.260. The van der Waals surface area contributed by atoms with E-state index in [1.807, 2.05) is 0 Å². The second kappa shape index (κ2) is 10.3. The number of rotatable bonds is 9. The van der Waals surface area contributed by atoms with E-state index in [-0.39, 0.29) is 0 Å². The summed E-state index contributed by atoms with van der Waals surface area (Å²) in [4.78, 5) is 0. The fourth-order valence-electron chi connectivity index (χ4n) is 2.08. The van der Waals surface area contributed by atoms with E-state index in [0.717, 1.165) is 0 Å². The predicted molar refractivity (Wildman–Crippen MR) is 71.3 cm³/mol. The molecular formula is C15H30. The molecule has 0 spiro atoms. The van der Waals surface area contributed by atoms with Crippen LogP contribution in [0.1, 0.15) is 85.5 Å². The maximum absolute atomic E-state index is 2.35. The number of hydrogen-bond acceptors (Lipinski definition) is 0. The topological polar surface area (TPSA) is 0 Å². The lowest BCUT2D eigenvalue weighted by atomic mass is 9.97. The first-order valence-corrected chi connectivity index (χ1v) is 6.93. The third-order valence-corrected chi connectivity index (χ3v) is 3.27. The first-order valence-electron chi connectivity index (χ1n) is 6.93. The van der Waals surface area contributed by atoms with Crippen LogP contribution in [0.5, 0.6) is 0 Å². The third kappa shape index (κ3) is 7.64. The van der Waals surface area contributed by atoms with Gasteiger partial charge in [-0.25, -0.2) is 0 Å². The van der Waals surface area contributed by atoms with Crippen molar-refractivity contribution in [2.24, 2.45) is 0 Å². The molecule has 0 atom stereocenters. The van der Waals surface area contributed by atoms with E-state index in [1.54, 1.807) is 11.1 Å². The smallest absolute Gasteiger partial charge is 0.0318 e. The van der Waals surface area contributed by atoms with Crippen LogP contribution in [0, 0.1) is 0 Å². The van der Waals surface area contributed by atoms with Crippen LogP contribution in [-0.4, -0.2) is 0 Å². The minimum Gasteiger partial charge on any atom is -0.0741 e. The average Bonchev–Trinajstić information content (AvgIpc) is 2.25. The van der Waals surface area contributed by atoms with E-state index in [0.29, 0.717) is 0 Å². The normalized spacial score (nSPS) is 12.8. The molecule has 0 saturated carbocycles. The Labute approximate surface area is 97.2 Å². The number of hydrogen-bond donors (Lipinski definition) is 0. The molecule has 15 heavy (non-hydrogen) atoms. The van der Waals surface area contributed by atoms with Gasteiger partial charge < -0.3 is 0 Å². The van der Waals surface area contributed by atoms with Crippen LogP contribution in [0.2, 0.25) is 0 Å². The highest BCUT2D eigenvalue weighted by atomic mass is 14.1. The van der Waals surface area contributed by atoms with Crippen molar-refractivity contribution in [3.05, 3.63) is 11.1 Å². The minimum atomic E-state index is 1.26. The molecule has 0 bridgehead atoms. The molecule has 90 valence electrons. The second-order valence-electron chi connectivity index (χ2n) is 4.65. The van der Waals surface area contributed by atoms with Crippen LogP contribution in [0.3, 0.4) is 0 Å². The predicted octanol–water partition coefficient (Wildman–Crippen LogP) is 5.87. The SMILES string of the molecule is CCCCCCC(C)=C(CC)CCCC. The van der Waals surface area contributed by atoms with Gasteiger partial charge in [0.1, 0.15) is 0 Å². The molecule has 0 nitrogen and oxygen atoms in total. The molecule has 0 heterocycles. The Kier molecular flexibility index (Phi) is 10.1. The van der Waals surface area contributed by atoms with Crippen LogP contribution < -0.4 is 0 Å². The van der Waals surface area contributed by atoms with Gasteiger partial charge in [-0.2, -0.15) is 0 Å². The Morgan fingerprint density at radius 1 is 0.733 bits per heavy atom. The second-order valence-corrected chi connectivity index (χ2v) is 4.65. The molecule has 0 amide bonds. The first-order chi connectivity index (χ1) is 7.26. The molecule has 0 saturated heterocycles. The van der Waals surface area contributed by atoms with Crippen molar-refractivity contribution < 1.29 is 0 Å². The minimum absolute atomic E-state index is 1.26. The largest absolute Gasteiger partial charge is 0.0741 e. The fourth-order valence-corrected chi connectivity index (χ4v) is 2.08. The quantitative estimate of drug-likeness (QED) is 0.329. The molecular weight excluding hydrogens is 180 g/mol. The van der Waals surface area contributed by atoms with Crippen LogP contribution in [0.15, 0.2) is 11.1 Å². The van der Waals surface area contributed by atoms with Crippen molar-refractivity contribution in [2.45, 2.75) is 85.5 Å². The maximum Gasteiger partial charge on any atom is -0.0318 e. The van der Waals surface area contributed by atoms with Crippen molar-refractivity contribution >= 4 is 0 Å². The van der Waals surface area contributed by atoms with Crippen LogP contribution in [0.25, 0.3) is 0 Å². The van der Waals surface area contributed by atoms with Gasteiger partial charge in [-0.15, -0.1) is 0 Å². The summed E-state index contributed by atoms with van der Waals surface area (Å²) in [7, 11) is 0. The summed E-state index contributed by atoms with van der Waals surface area (Å²) in [5, 5.41) is 0. The third-order valence-electron chi connectivity index (χ3n) is 3.27. The van der Waals surface area contributed by atoms with Gasteiger partial charge >= 0.3 is 0 Å².